The SMILES string of the molecule is Cc1cc2oc(=O)cc(CN3CCCC(C(C)O)C3)c2cc1C. The third-order valence-electron chi connectivity index (χ3n) is 5.06. The molecule has 0 radical (unpaired) electrons. The maximum absolute atomic E-state index is 11.9. The minimum atomic E-state index is -0.292. The summed E-state index contributed by atoms with van der Waals surface area (Å²) >= 11 is 0. The summed E-state index contributed by atoms with van der Waals surface area (Å²) in [7, 11) is 0. The summed E-state index contributed by atoms with van der Waals surface area (Å²) in [4.78, 5) is 14.2. The number of piperidine rings is 1. The predicted octanol–water partition coefficient (Wildman–Crippen LogP) is 3.00. The smallest absolute Gasteiger partial charge is 0.336 e. The fourth-order valence-electron chi connectivity index (χ4n) is 3.48. The zero-order valence-corrected chi connectivity index (χ0v) is 14.1. The first-order chi connectivity index (χ1) is 10.9. The second kappa shape index (κ2) is 6.46. The van der Waals surface area contributed by atoms with Crippen molar-refractivity contribution in [1.29, 1.82) is 0 Å². The summed E-state index contributed by atoms with van der Waals surface area (Å²) in [5, 5.41) is 10.9. The summed E-state index contributed by atoms with van der Waals surface area (Å²) < 4.78 is 5.37. The van der Waals surface area contributed by atoms with Crippen molar-refractivity contribution < 1.29 is 9.52 Å². The maximum Gasteiger partial charge on any atom is 0.336 e. The lowest BCUT2D eigenvalue weighted by atomic mass is 9.93. The molecule has 1 aliphatic rings. The van der Waals surface area contributed by atoms with Gasteiger partial charge in [0.2, 0.25) is 0 Å². The van der Waals surface area contributed by atoms with Crippen molar-refractivity contribution in [3.63, 3.8) is 0 Å². The van der Waals surface area contributed by atoms with E-state index in [1.54, 1.807) is 6.07 Å². The Balaban J connectivity index is 1.93. The van der Waals surface area contributed by atoms with Crippen molar-refractivity contribution in [3.05, 3.63) is 45.3 Å². The molecule has 2 heterocycles. The molecule has 23 heavy (non-hydrogen) atoms. The van der Waals surface area contributed by atoms with Crippen LogP contribution in [0.25, 0.3) is 11.0 Å². The van der Waals surface area contributed by atoms with E-state index >= 15 is 0 Å². The Morgan fingerprint density at radius 1 is 1.30 bits per heavy atom. The van der Waals surface area contributed by atoms with Crippen molar-refractivity contribution in [1.82, 2.24) is 4.90 Å². The third kappa shape index (κ3) is 3.48. The van der Waals surface area contributed by atoms with Gasteiger partial charge in [-0.1, -0.05) is 0 Å². The van der Waals surface area contributed by atoms with Crippen molar-refractivity contribution >= 4 is 11.0 Å². The Kier molecular flexibility index (Phi) is 4.55. The summed E-state index contributed by atoms with van der Waals surface area (Å²) in [5.41, 5.74) is 3.73. The molecule has 1 fully saturated rings. The van der Waals surface area contributed by atoms with Crippen LogP contribution in [0.3, 0.4) is 0 Å². The number of aliphatic hydroxyl groups excluding tert-OH is 1. The standard InChI is InChI=1S/C19H25NO3/c1-12-7-17-16(9-19(22)23-18(17)8-13(12)2)11-20-6-4-5-15(10-20)14(3)21/h7-9,14-15,21H,4-6,10-11H2,1-3H3. The lowest BCUT2D eigenvalue weighted by Crippen LogP contribution is -2.39. The summed E-state index contributed by atoms with van der Waals surface area (Å²) in [6, 6.07) is 5.67. The summed E-state index contributed by atoms with van der Waals surface area (Å²) in [5.74, 6) is 0.319. The molecule has 0 amide bonds. The molecule has 0 saturated carbocycles. The molecule has 1 aromatic heterocycles. The van der Waals surface area contributed by atoms with Crippen molar-refractivity contribution in [2.24, 2.45) is 5.92 Å². The zero-order chi connectivity index (χ0) is 16.6. The molecule has 0 spiro atoms. The largest absolute Gasteiger partial charge is 0.423 e. The molecular weight excluding hydrogens is 290 g/mol. The van der Waals surface area contributed by atoms with E-state index in [9.17, 15) is 9.90 Å². The van der Waals surface area contributed by atoms with Crippen LogP contribution in [0, 0.1) is 19.8 Å². The van der Waals surface area contributed by atoms with Gasteiger partial charge in [-0.05, 0) is 74.9 Å². The van der Waals surface area contributed by atoms with E-state index in [1.807, 2.05) is 19.9 Å². The van der Waals surface area contributed by atoms with E-state index in [4.69, 9.17) is 4.42 Å². The molecule has 2 aromatic rings. The average molecular weight is 315 g/mol. The first kappa shape index (κ1) is 16.2. The minimum Gasteiger partial charge on any atom is -0.423 e. The van der Waals surface area contributed by atoms with Crippen LogP contribution in [0.15, 0.2) is 27.4 Å². The maximum atomic E-state index is 11.9. The van der Waals surface area contributed by atoms with Crippen molar-refractivity contribution in [2.75, 3.05) is 13.1 Å². The van der Waals surface area contributed by atoms with Crippen LogP contribution in [0.4, 0.5) is 0 Å². The van der Waals surface area contributed by atoms with Gasteiger partial charge in [0.05, 0.1) is 6.10 Å². The molecule has 1 saturated heterocycles. The molecule has 0 bridgehead atoms. The number of rotatable bonds is 3. The van der Waals surface area contributed by atoms with E-state index in [0.717, 1.165) is 49.0 Å². The average Bonchev–Trinajstić information content (AvgIpc) is 2.49. The highest BCUT2D eigenvalue weighted by atomic mass is 16.4. The Morgan fingerprint density at radius 3 is 2.78 bits per heavy atom. The van der Waals surface area contributed by atoms with Crippen molar-refractivity contribution in [2.45, 2.75) is 46.3 Å². The second-order valence-electron chi connectivity index (χ2n) is 6.90. The lowest BCUT2D eigenvalue weighted by Gasteiger charge is -2.34. The van der Waals surface area contributed by atoms with Gasteiger partial charge < -0.3 is 9.52 Å². The molecule has 2 atom stereocenters. The Morgan fingerprint density at radius 2 is 2.04 bits per heavy atom. The van der Waals surface area contributed by atoms with Gasteiger partial charge in [0.15, 0.2) is 0 Å². The predicted molar refractivity (Wildman–Crippen MR) is 91.6 cm³/mol. The number of hydrogen-bond donors (Lipinski definition) is 1. The van der Waals surface area contributed by atoms with Crippen LogP contribution in [0.2, 0.25) is 0 Å². The van der Waals surface area contributed by atoms with E-state index < -0.39 is 0 Å². The highest BCUT2D eigenvalue weighted by Gasteiger charge is 2.24. The summed E-state index contributed by atoms with van der Waals surface area (Å²) in [6.45, 7) is 8.59. The lowest BCUT2D eigenvalue weighted by molar-refractivity contribution is 0.0600. The van der Waals surface area contributed by atoms with Crippen LogP contribution >= 0.6 is 0 Å². The molecule has 4 nitrogen and oxygen atoms in total. The molecule has 2 unspecified atom stereocenters. The second-order valence-corrected chi connectivity index (χ2v) is 6.90. The van der Waals surface area contributed by atoms with Crippen molar-refractivity contribution in [3.8, 4) is 0 Å². The fraction of sp³-hybridized carbons (Fsp3) is 0.526. The van der Waals surface area contributed by atoms with E-state index in [-0.39, 0.29) is 11.7 Å². The van der Waals surface area contributed by atoms with Gasteiger partial charge in [0.25, 0.3) is 0 Å². The highest BCUT2D eigenvalue weighted by Crippen LogP contribution is 2.25. The van der Waals surface area contributed by atoms with Crippen LogP contribution in [-0.2, 0) is 6.54 Å². The fourth-order valence-corrected chi connectivity index (χ4v) is 3.48. The topological polar surface area (TPSA) is 53.7 Å². The molecule has 1 N–H and O–H groups in total. The van der Waals surface area contributed by atoms with E-state index in [1.165, 1.54) is 5.56 Å². The zero-order valence-electron chi connectivity index (χ0n) is 14.1. The number of fused-ring (bicyclic) bond motifs is 1. The van der Waals surface area contributed by atoms with Crippen LogP contribution in [0.1, 0.15) is 36.5 Å². The molecular formula is C19H25NO3. The quantitative estimate of drug-likeness (QED) is 0.885. The van der Waals surface area contributed by atoms with Gasteiger partial charge in [-0.3, -0.25) is 4.90 Å². The first-order valence-corrected chi connectivity index (χ1v) is 8.38. The summed E-state index contributed by atoms with van der Waals surface area (Å²) in [6.07, 6.45) is 1.89. The monoisotopic (exact) mass is 315 g/mol. The Hall–Kier alpha value is -1.65. The van der Waals surface area contributed by atoms with Gasteiger partial charge in [0.1, 0.15) is 5.58 Å². The van der Waals surface area contributed by atoms with E-state index in [0.29, 0.717) is 11.5 Å². The Bertz CT molecular complexity index is 763. The number of aryl methyl sites for hydroxylation is 2. The van der Waals surface area contributed by atoms with Crippen LogP contribution < -0.4 is 5.63 Å². The van der Waals surface area contributed by atoms with Gasteiger partial charge >= 0.3 is 5.63 Å². The van der Waals surface area contributed by atoms with Gasteiger partial charge in [-0.25, -0.2) is 4.79 Å². The van der Waals surface area contributed by atoms with Crippen LogP contribution in [0.5, 0.6) is 0 Å². The number of likely N-dealkylation sites (tertiary alicyclic amines) is 1. The van der Waals surface area contributed by atoms with Gasteiger partial charge in [-0.15, -0.1) is 0 Å². The van der Waals surface area contributed by atoms with Gasteiger partial charge in [0, 0.05) is 24.5 Å². The van der Waals surface area contributed by atoms with Gasteiger partial charge in [-0.2, -0.15) is 0 Å². The first-order valence-electron chi connectivity index (χ1n) is 8.38. The highest BCUT2D eigenvalue weighted by molar-refractivity contribution is 5.81. The normalized spacial score (nSPS) is 20.8. The third-order valence-corrected chi connectivity index (χ3v) is 5.06. The molecule has 0 aliphatic carbocycles. The van der Waals surface area contributed by atoms with Crippen LogP contribution in [-0.4, -0.2) is 29.2 Å². The Labute approximate surface area is 136 Å². The molecule has 124 valence electrons. The minimum absolute atomic E-state index is 0.278. The molecule has 4 heteroatoms. The number of hydrogen-bond acceptors (Lipinski definition) is 4. The van der Waals surface area contributed by atoms with E-state index in [2.05, 4.69) is 17.9 Å². The number of aliphatic hydroxyl groups is 1. The molecule has 1 aliphatic heterocycles. The number of benzene rings is 1. The molecule has 3 rings (SSSR count). The number of nitrogens with zero attached hydrogens (tertiary/aromatic N) is 1. The molecule has 1 aromatic carbocycles.